The predicted molar refractivity (Wildman–Crippen MR) is 111 cm³/mol. The fourth-order valence-corrected chi connectivity index (χ4v) is 3.72. The first kappa shape index (κ1) is 22.4. The van der Waals surface area contributed by atoms with Gasteiger partial charge >= 0.3 is 12.2 Å². The Balaban J connectivity index is 1.71. The van der Waals surface area contributed by atoms with Crippen molar-refractivity contribution >= 4 is 23.1 Å². The average Bonchev–Trinajstić information content (AvgIpc) is 3.08. The molecule has 3 amide bonds. The zero-order chi connectivity index (χ0) is 24.1. The van der Waals surface area contributed by atoms with E-state index in [1.54, 1.807) is 13.8 Å². The number of β-amino-alcohol motifs (C(OH)–C–C–N with tert-alkyl or cyclic N) is 1. The van der Waals surface area contributed by atoms with E-state index < -0.39 is 29.6 Å². The highest BCUT2D eigenvalue weighted by molar-refractivity contribution is 5.99. The number of ether oxygens (including phenoxy) is 1. The van der Waals surface area contributed by atoms with Crippen molar-refractivity contribution in [2.24, 2.45) is 5.73 Å². The van der Waals surface area contributed by atoms with Gasteiger partial charge in [0.2, 0.25) is 0 Å². The quantitative estimate of drug-likeness (QED) is 0.549. The van der Waals surface area contributed by atoms with Crippen molar-refractivity contribution in [1.82, 2.24) is 14.5 Å². The Kier molecular flexibility index (Phi) is 5.40. The molecule has 3 aromatic rings. The Morgan fingerprint density at radius 1 is 1.30 bits per heavy atom. The number of aliphatic hydroxyl groups is 1. The summed E-state index contributed by atoms with van der Waals surface area (Å²) in [4.78, 5) is 25.4. The molecule has 0 unspecified atom stereocenters. The number of hydrogen-bond donors (Lipinski definition) is 3. The molecule has 1 aliphatic rings. The number of likely N-dealkylation sites (tertiary alicyclic amines) is 1. The first-order chi connectivity index (χ1) is 15.5. The second-order valence-corrected chi connectivity index (χ2v) is 7.72. The van der Waals surface area contributed by atoms with Gasteiger partial charge in [0.05, 0.1) is 35.2 Å². The van der Waals surface area contributed by atoms with Gasteiger partial charge in [-0.15, -0.1) is 0 Å². The molecule has 3 heterocycles. The van der Waals surface area contributed by atoms with Crippen LogP contribution in [-0.2, 0) is 6.18 Å². The van der Waals surface area contributed by atoms with Crippen LogP contribution in [0, 0.1) is 6.92 Å². The number of aromatic nitrogens is 2. The zero-order valence-electron chi connectivity index (χ0n) is 17.6. The van der Waals surface area contributed by atoms with Gasteiger partial charge in [0.15, 0.2) is 5.75 Å². The number of primary amides is 1. The van der Waals surface area contributed by atoms with Crippen LogP contribution < -0.4 is 15.8 Å². The summed E-state index contributed by atoms with van der Waals surface area (Å²) in [5, 5.41) is 15.8. The summed E-state index contributed by atoms with van der Waals surface area (Å²) in [7, 11) is 0. The lowest BCUT2D eigenvalue weighted by atomic mass is 9.99. The molecule has 1 aromatic carbocycles. The number of hydrogen-bond acceptors (Lipinski definition) is 5. The van der Waals surface area contributed by atoms with Crippen molar-refractivity contribution < 1.29 is 32.6 Å². The van der Waals surface area contributed by atoms with Gasteiger partial charge in [-0.05, 0) is 37.6 Å². The van der Waals surface area contributed by atoms with E-state index in [9.17, 15) is 27.9 Å². The maximum absolute atomic E-state index is 13.5. The number of urea groups is 1. The van der Waals surface area contributed by atoms with E-state index in [2.05, 4.69) is 5.10 Å². The minimum Gasteiger partial charge on any atom is -0.455 e. The number of nitrogens with one attached hydrogen (secondary N) is 1. The molecule has 33 heavy (non-hydrogen) atoms. The second-order valence-electron chi connectivity index (χ2n) is 7.72. The lowest BCUT2D eigenvalue weighted by molar-refractivity contribution is -0.137. The summed E-state index contributed by atoms with van der Waals surface area (Å²) in [6.07, 6.45) is -2.45. The van der Waals surface area contributed by atoms with Crippen LogP contribution in [0.25, 0.3) is 5.52 Å². The second kappa shape index (κ2) is 7.96. The van der Waals surface area contributed by atoms with E-state index in [0.717, 1.165) is 12.1 Å². The van der Waals surface area contributed by atoms with Gasteiger partial charge in [0.1, 0.15) is 11.3 Å². The topological polar surface area (TPSA) is 122 Å². The van der Waals surface area contributed by atoms with E-state index in [0.29, 0.717) is 16.6 Å². The number of rotatable bonds is 4. The number of fused-ring (bicyclic) bond motifs is 1. The summed E-state index contributed by atoms with van der Waals surface area (Å²) >= 11 is 0. The summed E-state index contributed by atoms with van der Waals surface area (Å²) in [5.41, 5.74) is 4.60. The van der Waals surface area contributed by atoms with E-state index in [1.165, 1.54) is 33.9 Å². The van der Waals surface area contributed by atoms with Gasteiger partial charge in [0, 0.05) is 18.8 Å². The molecule has 1 fully saturated rings. The molecule has 0 aliphatic carbocycles. The first-order valence-corrected chi connectivity index (χ1v) is 9.89. The third-order valence-corrected chi connectivity index (χ3v) is 5.60. The van der Waals surface area contributed by atoms with Crippen LogP contribution in [0.2, 0.25) is 0 Å². The molecular formula is C21H20F3N5O4. The van der Waals surface area contributed by atoms with Crippen molar-refractivity contribution in [3.63, 3.8) is 0 Å². The molecule has 12 heteroatoms. The highest BCUT2D eigenvalue weighted by Crippen LogP contribution is 2.39. The van der Waals surface area contributed by atoms with Crippen LogP contribution in [0.15, 0.2) is 36.7 Å². The van der Waals surface area contributed by atoms with Crippen LogP contribution in [0.4, 0.5) is 23.7 Å². The van der Waals surface area contributed by atoms with Crippen LogP contribution >= 0.6 is 0 Å². The number of carbonyl (C=O) groups excluding carboxylic acids is 2. The third-order valence-electron chi connectivity index (χ3n) is 5.60. The monoisotopic (exact) mass is 463 g/mol. The first-order valence-electron chi connectivity index (χ1n) is 9.89. The number of aryl methyl sites for hydroxylation is 1. The normalized spacial score (nSPS) is 18.2. The van der Waals surface area contributed by atoms with Gasteiger partial charge in [-0.1, -0.05) is 0 Å². The van der Waals surface area contributed by atoms with Gasteiger partial charge in [-0.3, -0.25) is 4.79 Å². The van der Waals surface area contributed by atoms with Crippen LogP contribution in [0.3, 0.4) is 0 Å². The molecule has 174 valence electrons. The summed E-state index contributed by atoms with van der Waals surface area (Å²) < 4.78 is 47.6. The molecular weight excluding hydrogens is 443 g/mol. The minimum absolute atomic E-state index is 0.140. The summed E-state index contributed by atoms with van der Waals surface area (Å²) in [6.45, 7) is 3.63. The highest BCUT2D eigenvalue weighted by atomic mass is 19.4. The van der Waals surface area contributed by atoms with Gasteiger partial charge in [-0.25, -0.2) is 9.31 Å². The molecule has 9 nitrogen and oxygen atoms in total. The average molecular weight is 463 g/mol. The van der Waals surface area contributed by atoms with Crippen molar-refractivity contribution in [2.75, 3.05) is 11.9 Å². The molecule has 0 bridgehead atoms. The van der Waals surface area contributed by atoms with E-state index in [1.807, 2.05) is 5.32 Å². The Bertz CT molecular complexity index is 1260. The number of aliphatic hydroxyl groups excluding tert-OH is 1. The number of nitrogens with two attached hydrogens (primary N) is 1. The number of nitrogens with zero attached hydrogens (tertiary/aromatic N) is 3. The molecule has 0 saturated carbocycles. The molecule has 1 saturated heterocycles. The fraction of sp³-hybridized carbons (Fsp3) is 0.286. The molecule has 0 spiro atoms. The summed E-state index contributed by atoms with van der Waals surface area (Å²) in [5.74, 6) is -0.247. The number of alkyl halides is 3. The van der Waals surface area contributed by atoms with E-state index >= 15 is 0 Å². The zero-order valence-corrected chi connectivity index (χ0v) is 17.6. The number of amides is 3. The molecule has 1 aliphatic heterocycles. The van der Waals surface area contributed by atoms with Gasteiger partial charge in [0.25, 0.3) is 5.91 Å². The van der Waals surface area contributed by atoms with Gasteiger partial charge < -0.3 is 25.8 Å². The van der Waals surface area contributed by atoms with Crippen molar-refractivity contribution in [3.05, 3.63) is 53.3 Å². The Hall–Kier alpha value is -3.80. The number of anilines is 1. The van der Waals surface area contributed by atoms with Crippen LogP contribution in [0.5, 0.6) is 11.5 Å². The molecule has 4 rings (SSSR count). The Morgan fingerprint density at radius 2 is 2.03 bits per heavy atom. The molecule has 2 atom stereocenters. The highest BCUT2D eigenvalue weighted by Gasteiger charge is 2.39. The smallest absolute Gasteiger partial charge is 0.418 e. The molecule has 4 N–H and O–H groups in total. The number of carbonyl (C=O) groups is 2. The standard InChI is InChI=1S/C21H20F3N5O4/c1-10-13(19(31)28-9-16(30)11(28)2)8-29-18(10)17(5-6-26-29)33-12-3-4-15(27-20(25)32)14(7-12)21(22,23)24/h3-8,11,16,30H,9H2,1-2H3,(H3,25,27,32)/t11-,16-/m1/s1. The van der Waals surface area contributed by atoms with Gasteiger partial charge in [-0.2, -0.15) is 18.3 Å². The van der Waals surface area contributed by atoms with Crippen molar-refractivity contribution in [2.45, 2.75) is 32.2 Å². The lowest BCUT2D eigenvalue weighted by Crippen LogP contribution is -2.60. The maximum Gasteiger partial charge on any atom is 0.418 e. The Morgan fingerprint density at radius 3 is 2.64 bits per heavy atom. The molecule has 0 radical (unpaired) electrons. The van der Waals surface area contributed by atoms with Crippen LogP contribution in [0.1, 0.15) is 28.4 Å². The lowest BCUT2D eigenvalue weighted by Gasteiger charge is -2.43. The largest absolute Gasteiger partial charge is 0.455 e. The number of halogens is 3. The van der Waals surface area contributed by atoms with E-state index in [-0.39, 0.29) is 30.0 Å². The maximum atomic E-state index is 13.5. The SMILES string of the molecule is Cc1c(C(=O)N2C[C@@H](O)[C@H]2C)cn2nccc(Oc3ccc(NC(N)=O)c(C(F)(F)F)c3)c12. The fourth-order valence-electron chi connectivity index (χ4n) is 3.72. The molecule has 2 aromatic heterocycles. The minimum atomic E-state index is -4.77. The third kappa shape index (κ3) is 4.04. The Labute approximate surface area is 185 Å². The van der Waals surface area contributed by atoms with Crippen molar-refractivity contribution in [1.29, 1.82) is 0 Å². The van der Waals surface area contributed by atoms with Crippen molar-refractivity contribution in [3.8, 4) is 11.5 Å². The van der Waals surface area contributed by atoms with Crippen LogP contribution in [-0.4, -0.2) is 50.2 Å². The van der Waals surface area contributed by atoms with E-state index in [4.69, 9.17) is 10.5 Å². The summed E-state index contributed by atoms with van der Waals surface area (Å²) in [6, 6.07) is 3.06. The number of benzene rings is 1. The predicted octanol–water partition coefficient (Wildman–Crippen LogP) is 3.15.